The molecule has 2 aromatic heterocycles. The molecule has 0 saturated heterocycles. The Kier molecular flexibility index (Phi) is 2.82. The number of Topliss-reactive ketones (excluding diaryl/α,β-unsaturated/α-hetero) is 1. The van der Waals surface area contributed by atoms with E-state index in [1.54, 1.807) is 11.7 Å². The molecule has 0 aromatic carbocycles. The van der Waals surface area contributed by atoms with Gasteiger partial charge in [0.1, 0.15) is 5.82 Å². The highest BCUT2D eigenvalue weighted by Gasteiger charge is 2.09. The van der Waals surface area contributed by atoms with E-state index in [0.29, 0.717) is 5.56 Å². The first-order valence-electron chi connectivity index (χ1n) is 4.27. The molecule has 0 aliphatic rings. The Bertz CT molecular complexity index is 470. The van der Waals surface area contributed by atoms with Crippen LogP contribution in [0.2, 0.25) is 0 Å². The van der Waals surface area contributed by atoms with Crippen LogP contribution in [-0.4, -0.2) is 15.8 Å². The molecule has 0 unspecified atom stereocenters. The quantitative estimate of drug-likeness (QED) is 0.747. The van der Waals surface area contributed by atoms with E-state index in [-0.39, 0.29) is 12.2 Å². The molecule has 0 fully saturated rings. The molecule has 2 aromatic rings. The fourth-order valence-electron chi connectivity index (χ4n) is 1.15. The largest absolute Gasteiger partial charge is 0.294 e. The van der Waals surface area contributed by atoms with Crippen LogP contribution in [0.15, 0.2) is 30.2 Å². The van der Waals surface area contributed by atoms with E-state index in [4.69, 9.17) is 0 Å². The van der Waals surface area contributed by atoms with Crippen LogP contribution >= 0.6 is 11.3 Å². The predicted octanol–water partition coefficient (Wildman–Crippen LogP) is 2.10. The maximum absolute atomic E-state index is 12.8. The highest BCUT2D eigenvalue weighted by atomic mass is 32.1. The van der Waals surface area contributed by atoms with Crippen LogP contribution < -0.4 is 0 Å². The van der Waals surface area contributed by atoms with Crippen molar-refractivity contribution in [2.24, 2.45) is 0 Å². The minimum atomic E-state index is -0.495. The lowest BCUT2D eigenvalue weighted by Gasteiger charge is -1.97. The van der Waals surface area contributed by atoms with Crippen molar-refractivity contribution in [1.82, 2.24) is 9.97 Å². The summed E-state index contributed by atoms with van der Waals surface area (Å²) in [5, 5.41) is 0. The zero-order valence-corrected chi connectivity index (χ0v) is 8.50. The molecule has 0 spiro atoms. The molecule has 76 valence electrons. The summed E-state index contributed by atoms with van der Waals surface area (Å²) in [6, 6.07) is 1.19. The lowest BCUT2D eigenvalue weighted by Crippen LogP contribution is -2.03. The van der Waals surface area contributed by atoms with Crippen molar-refractivity contribution in [3.8, 4) is 0 Å². The van der Waals surface area contributed by atoms with Gasteiger partial charge in [0.05, 0.1) is 11.7 Å². The van der Waals surface area contributed by atoms with Gasteiger partial charge in [-0.3, -0.25) is 14.8 Å². The molecule has 0 aliphatic carbocycles. The average Bonchev–Trinajstić information content (AvgIpc) is 2.70. The third kappa shape index (κ3) is 2.44. The molecule has 0 aliphatic heterocycles. The lowest BCUT2D eigenvalue weighted by atomic mass is 10.1. The van der Waals surface area contributed by atoms with E-state index in [2.05, 4.69) is 9.97 Å². The second-order valence-corrected chi connectivity index (χ2v) is 3.93. The molecule has 0 N–H and O–H groups in total. The number of halogens is 1. The molecule has 0 amide bonds. The van der Waals surface area contributed by atoms with Gasteiger partial charge >= 0.3 is 0 Å². The molecule has 0 saturated carbocycles. The summed E-state index contributed by atoms with van der Waals surface area (Å²) in [5.74, 6) is -0.642. The Morgan fingerprint density at radius 1 is 1.33 bits per heavy atom. The summed E-state index contributed by atoms with van der Waals surface area (Å²) < 4.78 is 12.8. The maximum atomic E-state index is 12.8. The van der Waals surface area contributed by atoms with Crippen molar-refractivity contribution in [3.05, 3.63) is 46.4 Å². The third-order valence-corrected chi connectivity index (χ3v) is 2.62. The molecule has 2 rings (SSSR count). The van der Waals surface area contributed by atoms with E-state index in [1.807, 2.05) is 0 Å². The van der Waals surface area contributed by atoms with Crippen LogP contribution in [0.3, 0.4) is 0 Å². The van der Waals surface area contributed by atoms with Gasteiger partial charge in [0.15, 0.2) is 5.78 Å². The minimum absolute atomic E-state index is 0.147. The number of rotatable bonds is 3. The van der Waals surface area contributed by atoms with Crippen molar-refractivity contribution in [1.29, 1.82) is 0 Å². The second kappa shape index (κ2) is 4.27. The number of thiazole rings is 1. The van der Waals surface area contributed by atoms with Crippen molar-refractivity contribution in [2.75, 3.05) is 0 Å². The Balaban J connectivity index is 2.15. The summed E-state index contributed by atoms with van der Waals surface area (Å²) >= 11 is 1.40. The van der Waals surface area contributed by atoms with E-state index >= 15 is 0 Å². The smallest absolute Gasteiger partial charge is 0.169 e. The Morgan fingerprint density at radius 3 is 2.87 bits per heavy atom. The Morgan fingerprint density at radius 2 is 2.20 bits per heavy atom. The standard InChI is InChI=1S/C10H7FN2OS/c11-8-1-7(3-12-4-8)10(14)2-9-5-13-6-15-9/h1,3-6H,2H2. The van der Waals surface area contributed by atoms with E-state index < -0.39 is 5.82 Å². The van der Waals surface area contributed by atoms with Crippen LogP contribution in [-0.2, 0) is 6.42 Å². The van der Waals surface area contributed by atoms with Crippen molar-refractivity contribution < 1.29 is 9.18 Å². The lowest BCUT2D eigenvalue weighted by molar-refractivity contribution is 0.0993. The molecular formula is C10H7FN2OS. The van der Waals surface area contributed by atoms with Gasteiger partial charge in [0, 0.05) is 29.3 Å². The van der Waals surface area contributed by atoms with E-state index in [0.717, 1.165) is 11.1 Å². The molecule has 15 heavy (non-hydrogen) atoms. The number of pyridine rings is 1. The van der Waals surface area contributed by atoms with Gasteiger partial charge in [-0.2, -0.15) is 0 Å². The number of carbonyl (C=O) groups excluding carboxylic acids is 1. The summed E-state index contributed by atoms with van der Waals surface area (Å²) in [6.45, 7) is 0. The summed E-state index contributed by atoms with van der Waals surface area (Å²) in [7, 11) is 0. The first kappa shape index (κ1) is 9.92. The third-order valence-electron chi connectivity index (χ3n) is 1.85. The molecular weight excluding hydrogens is 215 g/mol. The monoisotopic (exact) mass is 222 g/mol. The van der Waals surface area contributed by atoms with Crippen LogP contribution in [0.4, 0.5) is 4.39 Å². The van der Waals surface area contributed by atoms with Gasteiger partial charge in [0.25, 0.3) is 0 Å². The fourth-order valence-corrected chi connectivity index (χ4v) is 1.75. The van der Waals surface area contributed by atoms with E-state index in [1.165, 1.54) is 23.6 Å². The van der Waals surface area contributed by atoms with Gasteiger partial charge < -0.3 is 0 Å². The Hall–Kier alpha value is -1.62. The zero-order valence-electron chi connectivity index (χ0n) is 7.68. The van der Waals surface area contributed by atoms with Crippen LogP contribution in [0.5, 0.6) is 0 Å². The molecule has 0 bridgehead atoms. The highest BCUT2D eigenvalue weighted by Crippen LogP contribution is 2.11. The van der Waals surface area contributed by atoms with Gasteiger partial charge in [-0.15, -0.1) is 11.3 Å². The minimum Gasteiger partial charge on any atom is -0.294 e. The van der Waals surface area contributed by atoms with E-state index in [9.17, 15) is 9.18 Å². The number of nitrogens with zero attached hydrogens (tertiary/aromatic N) is 2. The van der Waals surface area contributed by atoms with Crippen LogP contribution in [0.25, 0.3) is 0 Å². The van der Waals surface area contributed by atoms with Gasteiger partial charge in [0.2, 0.25) is 0 Å². The average molecular weight is 222 g/mol. The van der Waals surface area contributed by atoms with Crippen LogP contribution in [0.1, 0.15) is 15.2 Å². The van der Waals surface area contributed by atoms with Crippen molar-refractivity contribution in [2.45, 2.75) is 6.42 Å². The first-order chi connectivity index (χ1) is 7.25. The summed E-state index contributed by atoms with van der Waals surface area (Å²) in [4.78, 5) is 20.0. The van der Waals surface area contributed by atoms with Crippen LogP contribution in [0, 0.1) is 5.82 Å². The maximum Gasteiger partial charge on any atom is 0.169 e. The molecule has 3 nitrogen and oxygen atoms in total. The number of aromatic nitrogens is 2. The number of hydrogen-bond donors (Lipinski definition) is 0. The number of carbonyl (C=O) groups is 1. The number of ketones is 1. The van der Waals surface area contributed by atoms with Crippen molar-refractivity contribution >= 4 is 17.1 Å². The number of hydrogen-bond acceptors (Lipinski definition) is 4. The molecule has 0 atom stereocenters. The molecule has 0 radical (unpaired) electrons. The normalized spacial score (nSPS) is 10.2. The van der Waals surface area contributed by atoms with Gasteiger partial charge in [-0.1, -0.05) is 0 Å². The highest BCUT2D eigenvalue weighted by molar-refractivity contribution is 7.09. The zero-order chi connectivity index (χ0) is 10.7. The molecule has 2 heterocycles. The fraction of sp³-hybridized carbons (Fsp3) is 0.100. The van der Waals surface area contributed by atoms with Gasteiger partial charge in [-0.25, -0.2) is 4.39 Å². The molecule has 5 heteroatoms. The van der Waals surface area contributed by atoms with Gasteiger partial charge in [-0.05, 0) is 6.07 Å². The summed E-state index contributed by atoms with van der Waals surface area (Å²) in [6.07, 6.45) is 4.32. The SMILES string of the molecule is O=C(Cc1cncs1)c1cncc(F)c1. The summed E-state index contributed by atoms with van der Waals surface area (Å²) in [5.41, 5.74) is 1.95. The topological polar surface area (TPSA) is 42.9 Å². The first-order valence-corrected chi connectivity index (χ1v) is 5.15. The Labute approximate surface area is 89.6 Å². The predicted molar refractivity (Wildman–Crippen MR) is 54.3 cm³/mol. The second-order valence-electron chi connectivity index (χ2n) is 2.96. The van der Waals surface area contributed by atoms with Crippen molar-refractivity contribution in [3.63, 3.8) is 0 Å².